The number of anilines is 1. The van der Waals surface area contributed by atoms with Crippen LogP contribution in [0.3, 0.4) is 0 Å². The molecule has 1 amide bonds. The minimum atomic E-state index is -0.0935. The van der Waals surface area contributed by atoms with E-state index in [0.29, 0.717) is 11.2 Å². The lowest BCUT2D eigenvalue weighted by atomic mass is 10.2. The molecule has 1 aliphatic rings. The molecule has 0 saturated carbocycles. The first-order valence-electron chi connectivity index (χ1n) is 8.53. The number of carbonyl (C=O) groups is 1. The largest absolute Gasteiger partial charge is 0.472 e. The zero-order chi connectivity index (χ0) is 18.1. The van der Waals surface area contributed by atoms with Crippen molar-refractivity contribution in [2.24, 2.45) is 0 Å². The Morgan fingerprint density at radius 1 is 1.42 bits per heavy atom. The highest BCUT2D eigenvalue weighted by Gasteiger charge is 2.31. The highest BCUT2D eigenvalue weighted by molar-refractivity contribution is 7.17. The Morgan fingerprint density at radius 3 is 3.15 bits per heavy atom. The van der Waals surface area contributed by atoms with Crippen molar-refractivity contribution < 1.29 is 9.53 Å². The minimum Gasteiger partial charge on any atom is -0.472 e. The van der Waals surface area contributed by atoms with E-state index in [1.807, 2.05) is 18.5 Å². The number of rotatable bonds is 5. The van der Waals surface area contributed by atoms with Crippen molar-refractivity contribution in [2.75, 3.05) is 11.9 Å². The molecule has 3 aromatic rings. The molecule has 0 aromatic carbocycles. The van der Waals surface area contributed by atoms with Crippen LogP contribution < -0.4 is 10.1 Å². The number of ether oxygens (including phenoxy) is 1. The number of aromatic nitrogens is 2. The summed E-state index contributed by atoms with van der Waals surface area (Å²) in [6, 6.07) is 4.51. The van der Waals surface area contributed by atoms with Gasteiger partial charge in [0.15, 0.2) is 5.13 Å². The maximum atomic E-state index is 11.1. The molecule has 0 radical (unpaired) electrons. The SMILES string of the molecule is CC(=O)Nc1ncc(CN2C[C@H](Oc3nccc4sccc34)C[C@@H]2C)s1. The van der Waals surface area contributed by atoms with Gasteiger partial charge in [-0.3, -0.25) is 9.69 Å². The maximum absolute atomic E-state index is 11.1. The molecule has 4 rings (SSSR count). The van der Waals surface area contributed by atoms with Crippen molar-refractivity contribution in [3.05, 3.63) is 34.8 Å². The predicted molar refractivity (Wildman–Crippen MR) is 105 cm³/mol. The Balaban J connectivity index is 1.40. The van der Waals surface area contributed by atoms with E-state index in [1.54, 1.807) is 11.3 Å². The van der Waals surface area contributed by atoms with E-state index < -0.39 is 0 Å². The summed E-state index contributed by atoms with van der Waals surface area (Å²) in [5.74, 6) is 0.637. The molecule has 4 heterocycles. The second-order valence-corrected chi connectivity index (χ2v) is 8.58. The molecule has 8 heteroatoms. The number of hydrogen-bond acceptors (Lipinski definition) is 7. The van der Waals surface area contributed by atoms with Crippen LogP contribution in [-0.4, -0.2) is 39.5 Å². The number of pyridine rings is 1. The zero-order valence-corrected chi connectivity index (χ0v) is 16.3. The third kappa shape index (κ3) is 3.72. The smallest absolute Gasteiger partial charge is 0.223 e. The van der Waals surface area contributed by atoms with Crippen molar-refractivity contribution in [3.8, 4) is 5.88 Å². The van der Waals surface area contributed by atoms with Gasteiger partial charge < -0.3 is 10.1 Å². The first kappa shape index (κ1) is 17.4. The van der Waals surface area contributed by atoms with Gasteiger partial charge in [0.25, 0.3) is 0 Å². The number of thiazole rings is 1. The Kier molecular flexibility index (Phi) is 4.88. The number of fused-ring (bicyclic) bond motifs is 1. The summed E-state index contributed by atoms with van der Waals surface area (Å²) in [7, 11) is 0. The molecule has 1 aliphatic heterocycles. The van der Waals surface area contributed by atoms with Crippen LogP contribution in [0.2, 0.25) is 0 Å². The quantitative estimate of drug-likeness (QED) is 0.721. The number of likely N-dealkylation sites (tertiary alicyclic amines) is 1. The predicted octanol–water partition coefficient (Wildman–Crippen LogP) is 3.75. The molecule has 0 bridgehead atoms. The van der Waals surface area contributed by atoms with Crippen molar-refractivity contribution in [1.29, 1.82) is 0 Å². The van der Waals surface area contributed by atoms with Crippen LogP contribution in [0.1, 0.15) is 25.1 Å². The van der Waals surface area contributed by atoms with E-state index in [-0.39, 0.29) is 12.0 Å². The molecule has 1 fully saturated rings. The molecule has 1 N–H and O–H groups in total. The lowest BCUT2D eigenvalue weighted by Gasteiger charge is -2.19. The fourth-order valence-corrected chi connectivity index (χ4v) is 4.92. The van der Waals surface area contributed by atoms with Gasteiger partial charge in [-0.2, -0.15) is 0 Å². The van der Waals surface area contributed by atoms with Gasteiger partial charge in [0.1, 0.15) is 6.10 Å². The molecule has 0 spiro atoms. The standard InChI is InChI=1S/C18H20N4O2S2/c1-11-7-13(24-17-15-4-6-25-16(15)3-5-19-17)9-22(11)10-14-8-20-18(26-14)21-12(2)23/h3-6,8,11,13H,7,9-10H2,1-2H3,(H,20,21,23)/t11-,13+/m0/s1. The van der Waals surface area contributed by atoms with Crippen LogP contribution in [0.25, 0.3) is 10.1 Å². The van der Waals surface area contributed by atoms with Gasteiger partial charge in [-0.15, -0.1) is 22.7 Å². The fourth-order valence-electron chi connectivity index (χ4n) is 3.26. The molecule has 0 unspecified atom stereocenters. The van der Waals surface area contributed by atoms with Gasteiger partial charge in [-0.05, 0) is 24.4 Å². The molecular formula is C18H20N4O2S2. The van der Waals surface area contributed by atoms with Crippen molar-refractivity contribution in [1.82, 2.24) is 14.9 Å². The number of amides is 1. The Hall–Kier alpha value is -2.03. The van der Waals surface area contributed by atoms with E-state index in [4.69, 9.17) is 4.74 Å². The first-order chi connectivity index (χ1) is 12.6. The average molecular weight is 389 g/mol. The number of carbonyl (C=O) groups excluding carboxylic acids is 1. The minimum absolute atomic E-state index is 0.0935. The summed E-state index contributed by atoms with van der Waals surface area (Å²) in [6.07, 6.45) is 4.75. The van der Waals surface area contributed by atoms with Crippen LogP contribution in [0.15, 0.2) is 29.9 Å². The molecule has 136 valence electrons. The Labute approximate surface area is 159 Å². The molecule has 3 aromatic heterocycles. The molecule has 26 heavy (non-hydrogen) atoms. The van der Waals surface area contributed by atoms with Crippen LogP contribution in [0, 0.1) is 0 Å². The van der Waals surface area contributed by atoms with Crippen molar-refractivity contribution >= 4 is 43.8 Å². The highest BCUT2D eigenvalue weighted by Crippen LogP contribution is 2.31. The second kappa shape index (κ2) is 7.30. The summed E-state index contributed by atoms with van der Waals surface area (Å²) >= 11 is 3.22. The van der Waals surface area contributed by atoms with Crippen LogP contribution in [0.5, 0.6) is 5.88 Å². The molecular weight excluding hydrogens is 368 g/mol. The highest BCUT2D eigenvalue weighted by atomic mass is 32.1. The van der Waals surface area contributed by atoms with Gasteiger partial charge >= 0.3 is 0 Å². The Morgan fingerprint density at radius 2 is 2.31 bits per heavy atom. The van der Waals surface area contributed by atoms with Crippen LogP contribution in [0.4, 0.5) is 5.13 Å². The van der Waals surface area contributed by atoms with Gasteiger partial charge in [0, 0.05) is 54.4 Å². The lowest BCUT2D eigenvalue weighted by Crippen LogP contribution is -2.27. The number of thiophene rings is 1. The van der Waals surface area contributed by atoms with E-state index in [0.717, 1.165) is 35.7 Å². The fraction of sp³-hybridized carbons (Fsp3) is 0.389. The summed E-state index contributed by atoms with van der Waals surface area (Å²) in [6.45, 7) is 5.39. The number of nitrogens with one attached hydrogen (secondary N) is 1. The lowest BCUT2D eigenvalue weighted by molar-refractivity contribution is -0.114. The molecule has 2 atom stereocenters. The third-order valence-corrected chi connectivity index (χ3v) is 6.26. The molecule has 1 saturated heterocycles. The molecule has 0 aliphatic carbocycles. The van der Waals surface area contributed by atoms with E-state index in [9.17, 15) is 4.79 Å². The Bertz CT molecular complexity index is 923. The summed E-state index contributed by atoms with van der Waals surface area (Å²) < 4.78 is 7.43. The molecule has 6 nitrogen and oxygen atoms in total. The summed E-state index contributed by atoms with van der Waals surface area (Å²) in [5.41, 5.74) is 0. The van der Waals surface area contributed by atoms with Gasteiger partial charge in [0.2, 0.25) is 11.8 Å². The van der Waals surface area contributed by atoms with Gasteiger partial charge in [0.05, 0.1) is 5.39 Å². The number of hydrogen-bond donors (Lipinski definition) is 1. The second-order valence-electron chi connectivity index (χ2n) is 6.52. The van der Waals surface area contributed by atoms with E-state index in [2.05, 4.69) is 38.6 Å². The van der Waals surface area contributed by atoms with E-state index in [1.165, 1.54) is 23.0 Å². The average Bonchev–Trinajstić information content (AvgIpc) is 3.29. The van der Waals surface area contributed by atoms with Crippen LogP contribution in [-0.2, 0) is 11.3 Å². The number of nitrogens with zero attached hydrogens (tertiary/aromatic N) is 3. The first-order valence-corrected chi connectivity index (χ1v) is 10.2. The summed E-state index contributed by atoms with van der Waals surface area (Å²) in [4.78, 5) is 23.3. The monoisotopic (exact) mass is 388 g/mol. The van der Waals surface area contributed by atoms with Gasteiger partial charge in [-0.1, -0.05) is 0 Å². The van der Waals surface area contributed by atoms with Crippen LogP contribution >= 0.6 is 22.7 Å². The van der Waals surface area contributed by atoms with Crippen molar-refractivity contribution in [3.63, 3.8) is 0 Å². The van der Waals surface area contributed by atoms with Crippen molar-refractivity contribution in [2.45, 2.75) is 39.0 Å². The maximum Gasteiger partial charge on any atom is 0.223 e. The summed E-state index contributed by atoms with van der Waals surface area (Å²) in [5, 5.41) is 6.55. The third-order valence-electron chi connectivity index (χ3n) is 4.48. The van der Waals surface area contributed by atoms with E-state index >= 15 is 0 Å². The topological polar surface area (TPSA) is 67.4 Å². The van der Waals surface area contributed by atoms with Gasteiger partial charge in [-0.25, -0.2) is 9.97 Å². The zero-order valence-electron chi connectivity index (χ0n) is 14.6. The normalized spacial score (nSPS) is 20.5.